The molecule has 0 aromatic heterocycles. The summed E-state index contributed by atoms with van der Waals surface area (Å²) < 4.78 is 3.46. The Hall–Kier alpha value is -0.810. The van der Waals surface area contributed by atoms with Crippen LogP contribution in [0.3, 0.4) is 0 Å². The fourth-order valence-electron chi connectivity index (χ4n) is 2.75. The molecule has 0 spiro atoms. The molecule has 0 aliphatic heterocycles. The van der Waals surface area contributed by atoms with E-state index in [-0.39, 0.29) is 0 Å². The van der Waals surface area contributed by atoms with Gasteiger partial charge in [-0.15, -0.1) is 0 Å². The molecule has 4 aromatic carbocycles. The zero-order chi connectivity index (χ0) is 18.5. The van der Waals surface area contributed by atoms with Crippen LogP contribution in [-0.2, 0) is 5.75 Å². The average molecular weight is 553 g/mol. The molecule has 0 fully saturated rings. The van der Waals surface area contributed by atoms with Crippen molar-refractivity contribution in [2.45, 2.75) is 5.75 Å². The van der Waals surface area contributed by atoms with E-state index in [1.54, 1.807) is 0 Å². The molecule has 0 saturated heterocycles. The molecule has 0 nitrogen and oxygen atoms in total. The molecule has 4 aromatic rings. The first-order chi connectivity index (χ1) is 12.6. The van der Waals surface area contributed by atoms with E-state index in [1.165, 1.54) is 31.6 Å². The van der Waals surface area contributed by atoms with Gasteiger partial charge in [0, 0.05) is 19.2 Å². The largest absolute Gasteiger partial charge is 0.161 e. The molecule has 0 amide bonds. The summed E-state index contributed by atoms with van der Waals surface area (Å²) in [4.78, 5) is 0. The van der Waals surface area contributed by atoms with Crippen molar-refractivity contribution in [2.75, 3.05) is 6.26 Å². The molecule has 0 radical (unpaired) electrons. The van der Waals surface area contributed by atoms with E-state index in [0.717, 1.165) is 14.7 Å². The number of hydrogen-bond acceptors (Lipinski definition) is 1. The van der Waals surface area contributed by atoms with Crippen molar-refractivity contribution >= 4 is 81.1 Å². The second-order valence-corrected chi connectivity index (χ2v) is 9.08. The highest BCUT2D eigenvalue weighted by Gasteiger charge is 2.03. The Labute approximate surface area is 183 Å². The Kier molecular flexibility index (Phi) is 7.21. The maximum atomic E-state index is 3.67. The van der Waals surface area contributed by atoms with Crippen LogP contribution < -0.4 is 0 Å². The number of thioether (sulfide) groups is 1. The maximum Gasteiger partial charge on any atom is 0.0395 e. The number of hydrogen-bond donors (Lipinski definition) is 0. The predicted molar refractivity (Wildman–Crippen MR) is 128 cm³/mol. The van der Waals surface area contributed by atoms with Crippen LogP contribution in [0.25, 0.3) is 21.5 Å². The fraction of sp³-hybridized carbons (Fsp3) is 0.0909. The monoisotopic (exact) mass is 550 g/mol. The summed E-state index contributed by atoms with van der Waals surface area (Å²) in [7, 11) is 0. The van der Waals surface area contributed by atoms with Gasteiger partial charge in [-0.1, -0.05) is 66.7 Å². The summed E-state index contributed by atoms with van der Waals surface area (Å²) >= 11 is 12.5. The van der Waals surface area contributed by atoms with Gasteiger partial charge in [0.2, 0.25) is 0 Å². The summed E-state index contributed by atoms with van der Waals surface area (Å²) in [5.74, 6) is 1.06. The van der Waals surface area contributed by atoms with Crippen LogP contribution in [-0.4, -0.2) is 6.26 Å². The Morgan fingerprint density at radius 3 is 1.81 bits per heavy atom. The minimum absolute atomic E-state index is 1.06. The van der Waals surface area contributed by atoms with Crippen LogP contribution >= 0.6 is 59.6 Å². The van der Waals surface area contributed by atoms with E-state index in [4.69, 9.17) is 0 Å². The highest BCUT2D eigenvalue weighted by atomic mass is 79.9. The van der Waals surface area contributed by atoms with Crippen LogP contribution in [0.5, 0.6) is 0 Å². The third-order valence-corrected chi connectivity index (χ3v) is 7.64. The second kappa shape index (κ2) is 9.41. The van der Waals surface area contributed by atoms with Crippen molar-refractivity contribution in [1.82, 2.24) is 0 Å². The maximum absolute atomic E-state index is 3.67. The van der Waals surface area contributed by atoms with Gasteiger partial charge < -0.3 is 0 Å². The van der Waals surface area contributed by atoms with Crippen LogP contribution in [0.2, 0.25) is 0 Å². The molecule has 0 aliphatic carbocycles. The molecule has 0 atom stereocenters. The Balaban J connectivity index is 0.000000152. The van der Waals surface area contributed by atoms with Gasteiger partial charge in [0.15, 0.2) is 0 Å². The predicted octanol–water partition coefficient (Wildman–Crippen LogP) is 8.83. The molecule has 0 unspecified atom stereocenters. The minimum Gasteiger partial charge on any atom is -0.161 e. The van der Waals surface area contributed by atoms with Gasteiger partial charge in [-0.2, -0.15) is 11.8 Å². The fourth-order valence-corrected chi connectivity index (χ4v) is 4.96. The van der Waals surface area contributed by atoms with Crippen molar-refractivity contribution in [2.24, 2.45) is 0 Å². The number of rotatable bonds is 2. The topological polar surface area (TPSA) is 0 Å². The summed E-state index contributed by atoms with van der Waals surface area (Å²) in [6.07, 6.45) is 2.13. The molecule has 0 bridgehead atoms. The summed E-state index contributed by atoms with van der Waals surface area (Å²) in [5.41, 5.74) is 1.37. The normalized spacial score (nSPS) is 10.6. The highest BCUT2D eigenvalue weighted by molar-refractivity contribution is 9.13. The Morgan fingerprint density at radius 2 is 1.19 bits per heavy atom. The third kappa shape index (κ3) is 4.53. The van der Waals surface area contributed by atoms with E-state index in [9.17, 15) is 0 Å². The van der Waals surface area contributed by atoms with Gasteiger partial charge in [-0.05, 0) is 87.2 Å². The highest BCUT2D eigenvalue weighted by Crippen LogP contribution is 2.31. The van der Waals surface area contributed by atoms with Crippen LogP contribution in [0, 0.1) is 0 Å². The Bertz CT molecular complexity index is 1040. The number of fused-ring (bicyclic) bond motifs is 2. The smallest absolute Gasteiger partial charge is 0.0395 e. The zero-order valence-electron chi connectivity index (χ0n) is 14.2. The first kappa shape index (κ1) is 19.9. The van der Waals surface area contributed by atoms with Gasteiger partial charge in [0.1, 0.15) is 0 Å². The van der Waals surface area contributed by atoms with Gasteiger partial charge in [-0.25, -0.2) is 0 Å². The molecule has 132 valence electrons. The van der Waals surface area contributed by atoms with Gasteiger partial charge in [0.05, 0.1) is 0 Å². The first-order valence-electron chi connectivity index (χ1n) is 8.09. The molecule has 0 N–H and O–H groups in total. The zero-order valence-corrected chi connectivity index (χ0v) is 19.8. The summed E-state index contributed by atoms with van der Waals surface area (Å²) in [5, 5.41) is 5.10. The van der Waals surface area contributed by atoms with Crippen molar-refractivity contribution in [3.63, 3.8) is 0 Å². The van der Waals surface area contributed by atoms with Crippen molar-refractivity contribution in [1.29, 1.82) is 0 Å². The van der Waals surface area contributed by atoms with Crippen LogP contribution in [0.1, 0.15) is 5.56 Å². The van der Waals surface area contributed by atoms with Crippen LogP contribution in [0.15, 0.2) is 86.2 Å². The Morgan fingerprint density at radius 1 is 0.654 bits per heavy atom. The molecule has 4 heteroatoms. The van der Waals surface area contributed by atoms with E-state index in [1.807, 2.05) is 30.0 Å². The SMILES string of the molecule is Brc1ccc2ccccc2c1Br.CSCc1ccc2ccccc2c1Br. The van der Waals surface area contributed by atoms with E-state index < -0.39 is 0 Å². The molecule has 0 heterocycles. The number of benzene rings is 4. The lowest BCUT2D eigenvalue weighted by Crippen LogP contribution is -1.84. The van der Waals surface area contributed by atoms with Crippen LogP contribution in [0.4, 0.5) is 0 Å². The van der Waals surface area contributed by atoms with E-state index in [2.05, 4.69) is 109 Å². The molecule has 4 rings (SSSR count). The van der Waals surface area contributed by atoms with Crippen molar-refractivity contribution in [3.8, 4) is 0 Å². The average Bonchev–Trinajstić information content (AvgIpc) is 2.68. The number of halogens is 3. The lowest BCUT2D eigenvalue weighted by atomic mass is 10.1. The molecule has 0 aliphatic rings. The molecule has 0 saturated carbocycles. The van der Waals surface area contributed by atoms with Gasteiger partial charge in [-0.3, -0.25) is 0 Å². The van der Waals surface area contributed by atoms with Gasteiger partial charge >= 0.3 is 0 Å². The third-order valence-electron chi connectivity index (χ3n) is 4.06. The summed E-state index contributed by atoms with van der Waals surface area (Å²) in [6, 6.07) is 25.3. The first-order valence-corrected chi connectivity index (χ1v) is 11.9. The van der Waals surface area contributed by atoms with Gasteiger partial charge in [0.25, 0.3) is 0 Å². The molecular weight excluding hydrogens is 536 g/mol. The lowest BCUT2D eigenvalue weighted by Gasteiger charge is -2.06. The lowest BCUT2D eigenvalue weighted by molar-refractivity contribution is 1.41. The second-order valence-electron chi connectivity index (χ2n) is 5.78. The quantitative estimate of drug-likeness (QED) is 0.239. The summed E-state index contributed by atoms with van der Waals surface area (Å²) in [6.45, 7) is 0. The van der Waals surface area contributed by atoms with E-state index >= 15 is 0 Å². The van der Waals surface area contributed by atoms with Crippen molar-refractivity contribution < 1.29 is 0 Å². The van der Waals surface area contributed by atoms with E-state index in [0.29, 0.717) is 0 Å². The molecular formula is C22H17Br3S. The standard InChI is InChI=1S/C12H11BrS.C10H6Br2/c1-14-8-10-7-6-9-4-2-3-5-11(9)12(10)13;11-9-6-5-7-3-1-2-4-8(7)10(9)12/h2-7H,8H2,1H3;1-6H. The molecule has 26 heavy (non-hydrogen) atoms. The van der Waals surface area contributed by atoms with Crippen molar-refractivity contribution in [3.05, 3.63) is 91.8 Å². The minimum atomic E-state index is 1.06.